The van der Waals surface area contributed by atoms with E-state index in [1.165, 1.54) is 11.8 Å². The molecule has 0 saturated heterocycles. The van der Waals surface area contributed by atoms with E-state index in [2.05, 4.69) is 15.3 Å². The maximum Gasteiger partial charge on any atom is 0.234 e. The van der Waals surface area contributed by atoms with Gasteiger partial charge in [0.25, 0.3) is 0 Å². The number of nitrogens with zero attached hydrogens (tertiary/aromatic N) is 2. The summed E-state index contributed by atoms with van der Waals surface area (Å²) in [6.07, 6.45) is 0. The summed E-state index contributed by atoms with van der Waals surface area (Å²) in [4.78, 5) is 21.1. The molecule has 0 aliphatic carbocycles. The minimum Gasteiger partial charge on any atom is -0.324 e. The maximum absolute atomic E-state index is 12.2. The van der Waals surface area contributed by atoms with Gasteiger partial charge in [-0.1, -0.05) is 71.4 Å². The standard InChI is InChI=1S/C19H15Cl2N3OS/c1-12-10-16(13-6-3-2-4-7-13)24-19(22-12)26-11-17(25)23-15-9-5-8-14(20)18(15)21/h2-10H,11H2,1H3,(H,23,25). The molecule has 1 aromatic heterocycles. The van der Waals surface area contributed by atoms with Crippen molar-refractivity contribution in [2.45, 2.75) is 12.1 Å². The molecule has 132 valence electrons. The zero-order valence-corrected chi connectivity index (χ0v) is 16.2. The van der Waals surface area contributed by atoms with Crippen LogP contribution in [0.5, 0.6) is 0 Å². The first-order valence-electron chi connectivity index (χ1n) is 7.80. The molecular formula is C19H15Cl2N3OS. The average Bonchev–Trinajstić information content (AvgIpc) is 2.64. The Kier molecular flexibility index (Phi) is 6.14. The summed E-state index contributed by atoms with van der Waals surface area (Å²) in [5, 5.41) is 4.02. The number of anilines is 1. The molecule has 0 aliphatic heterocycles. The predicted molar refractivity (Wildman–Crippen MR) is 108 cm³/mol. The lowest BCUT2D eigenvalue weighted by molar-refractivity contribution is -0.113. The van der Waals surface area contributed by atoms with Crippen LogP contribution in [0.25, 0.3) is 11.3 Å². The third-order valence-electron chi connectivity index (χ3n) is 3.46. The lowest BCUT2D eigenvalue weighted by Gasteiger charge is -2.08. The highest BCUT2D eigenvalue weighted by molar-refractivity contribution is 7.99. The number of rotatable bonds is 5. The first-order valence-corrected chi connectivity index (χ1v) is 9.55. The highest BCUT2D eigenvalue weighted by Crippen LogP contribution is 2.29. The summed E-state index contributed by atoms with van der Waals surface area (Å²) in [5.41, 5.74) is 3.17. The van der Waals surface area contributed by atoms with E-state index in [0.717, 1.165) is 17.0 Å². The Bertz CT molecular complexity index is 935. The summed E-state index contributed by atoms with van der Waals surface area (Å²) in [6, 6.07) is 16.9. The summed E-state index contributed by atoms with van der Waals surface area (Å²) in [7, 11) is 0. The van der Waals surface area contributed by atoms with Crippen LogP contribution >= 0.6 is 35.0 Å². The van der Waals surface area contributed by atoms with Crippen LogP contribution in [0.15, 0.2) is 59.8 Å². The minimum absolute atomic E-state index is 0.167. The molecule has 3 rings (SSSR count). The fourth-order valence-electron chi connectivity index (χ4n) is 2.28. The van der Waals surface area contributed by atoms with Gasteiger partial charge in [-0.2, -0.15) is 0 Å². The number of thioether (sulfide) groups is 1. The van der Waals surface area contributed by atoms with Crippen molar-refractivity contribution in [3.63, 3.8) is 0 Å². The van der Waals surface area contributed by atoms with E-state index in [9.17, 15) is 4.79 Å². The smallest absolute Gasteiger partial charge is 0.234 e. The van der Waals surface area contributed by atoms with Gasteiger partial charge in [-0.25, -0.2) is 9.97 Å². The quantitative estimate of drug-likeness (QED) is 0.451. The number of nitrogens with one attached hydrogen (secondary N) is 1. The van der Waals surface area contributed by atoms with Gasteiger partial charge in [0.2, 0.25) is 5.91 Å². The molecule has 0 radical (unpaired) electrons. The Labute approximate surface area is 166 Å². The molecule has 0 atom stereocenters. The fraction of sp³-hybridized carbons (Fsp3) is 0.105. The number of amides is 1. The molecule has 0 unspecified atom stereocenters. The van der Waals surface area contributed by atoms with Gasteiger partial charge >= 0.3 is 0 Å². The molecule has 0 bridgehead atoms. The minimum atomic E-state index is -0.203. The van der Waals surface area contributed by atoms with Crippen molar-refractivity contribution >= 4 is 46.6 Å². The Balaban J connectivity index is 1.69. The van der Waals surface area contributed by atoms with E-state index in [0.29, 0.717) is 20.9 Å². The molecule has 3 aromatic rings. The van der Waals surface area contributed by atoms with Crippen molar-refractivity contribution in [2.75, 3.05) is 11.1 Å². The number of aromatic nitrogens is 2. The second-order valence-electron chi connectivity index (χ2n) is 5.48. The molecule has 0 fully saturated rings. The fourth-order valence-corrected chi connectivity index (χ4v) is 3.33. The molecule has 1 N–H and O–H groups in total. The summed E-state index contributed by atoms with van der Waals surface area (Å²) < 4.78 is 0. The maximum atomic E-state index is 12.2. The number of hydrogen-bond donors (Lipinski definition) is 1. The van der Waals surface area contributed by atoms with Gasteiger partial charge in [0.15, 0.2) is 5.16 Å². The highest BCUT2D eigenvalue weighted by atomic mass is 35.5. The average molecular weight is 404 g/mol. The number of carbonyl (C=O) groups excluding carboxylic acids is 1. The highest BCUT2D eigenvalue weighted by Gasteiger charge is 2.11. The number of carbonyl (C=O) groups is 1. The lowest BCUT2D eigenvalue weighted by atomic mass is 10.1. The van der Waals surface area contributed by atoms with E-state index >= 15 is 0 Å². The second-order valence-corrected chi connectivity index (χ2v) is 7.21. The van der Waals surface area contributed by atoms with E-state index in [4.69, 9.17) is 23.2 Å². The first kappa shape index (κ1) is 18.7. The molecule has 0 aliphatic rings. The molecular weight excluding hydrogens is 389 g/mol. The summed E-state index contributed by atoms with van der Waals surface area (Å²) in [5.74, 6) is -0.0360. The van der Waals surface area contributed by atoms with Crippen LogP contribution in [0.2, 0.25) is 10.0 Å². The SMILES string of the molecule is Cc1cc(-c2ccccc2)nc(SCC(=O)Nc2cccc(Cl)c2Cl)n1. The third-order valence-corrected chi connectivity index (χ3v) is 5.13. The largest absolute Gasteiger partial charge is 0.324 e. The second kappa shape index (κ2) is 8.54. The zero-order chi connectivity index (χ0) is 18.5. The van der Waals surface area contributed by atoms with Crippen molar-refractivity contribution in [2.24, 2.45) is 0 Å². The van der Waals surface area contributed by atoms with Crippen LogP contribution in [0.4, 0.5) is 5.69 Å². The van der Waals surface area contributed by atoms with E-state index in [-0.39, 0.29) is 11.7 Å². The molecule has 26 heavy (non-hydrogen) atoms. The van der Waals surface area contributed by atoms with Crippen LogP contribution in [-0.4, -0.2) is 21.6 Å². The van der Waals surface area contributed by atoms with Crippen molar-refractivity contribution in [3.05, 3.63) is 70.3 Å². The van der Waals surface area contributed by atoms with Gasteiger partial charge in [-0.05, 0) is 25.1 Å². The Morgan fingerprint density at radius 3 is 2.62 bits per heavy atom. The molecule has 7 heteroatoms. The summed E-state index contributed by atoms with van der Waals surface area (Å²) in [6.45, 7) is 1.91. The van der Waals surface area contributed by atoms with Gasteiger partial charge in [-0.3, -0.25) is 4.79 Å². The Hall–Kier alpha value is -2.08. The normalized spacial score (nSPS) is 10.6. The van der Waals surface area contributed by atoms with E-state index < -0.39 is 0 Å². The van der Waals surface area contributed by atoms with Crippen LogP contribution in [0.3, 0.4) is 0 Å². The molecule has 1 amide bonds. The van der Waals surface area contributed by atoms with Crippen molar-refractivity contribution in [1.29, 1.82) is 0 Å². The van der Waals surface area contributed by atoms with Crippen molar-refractivity contribution < 1.29 is 4.79 Å². The van der Waals surface area contributed by atoms with Crippen molar-refractivity contribution in [3.8, 4) is 11.3 Å². The topological polar surface area (TPSA) is 54.9 Å². The van der Waals surface area contributed by atoms with Gasteiger partial charge in [-0.15, -0.1) is 0 Å². The number of halogens is 2. The predicted octanol–water partition coefficient (Wildman–Crippen LogP) is 5.49. The first-order chi connectivity index (χ1) is 12.5. The van der Waals surface area contributed by atoms with Crippen LogP contribution in [-0.2, 0) is 4.79 Å². The molecule has 2 aromatic carbocycles. The zero-order valence-electron chi connectivity index (χ0n) is 13.9. The number of aryl methyl sites for hydroxylation is 1. The number of hydrogen-bond acceptors (Lipinski definition) is 4. The molecule has 0 spiro atoms. The number of benzene rings is 2. The molecule has 4 nitrogen and oxygen atoms in total. The van der Waals surface area contributed by atoms with E-state index in [1.54, 1.807) is 18.2 Å². The van der Waals surface area contributed by atoms with Crippen LogP contribution < -0.4 is 5.32 Å². The molecule has 1 heterocycles. The van der Waals surface area contributed by atoms with Crippen LogP contribution in [0.1, 0.15) is 5.69 Å². The van der Waals surface area contributed by atoms with E-state index in [1.807, 2.05) is 43.3 Å². The summed E-state index contributed by atoms with van der Waals surface area (Å²) >= 11 is 13.3. The van der Waals surface area contributed by atoms with Gasteiger partial charge in [0.1, 0.15) is 0 Å². The Morgan fingerprint density at radius 1 is 1.08 bits per heavy atom. The monoisotopic (exact) mass is 403 g/mol. The van der Waals surface area contributed by atoms with Gasteiger partial charge in [0, 0.05) is 11.3 Å². The Morgan fingerprint density at radius 2 is 1.85 bits per heavy atom. The van der Waals surface area contributed by atoms with Crippen molar-refractivity contribution in [1.82, 2.24) is 9.97 Å². The third kappa shape index (κ3) is 4.75. The van der Waals surface area contributed by atoms with Gasteiger partial charge in [0.05, 0.1) is 27.2 Å². The van der Waals surface area contributed by atoms with Gasteiger partial charge < -0.3 is 5.32 Å². The lowest BCUT2D eigenvalue weighted by Crippen LogP contribution is -2.14. The van der Waals surface area contributed by atoms with Crippen LogP contribution in [0, 0.1) is 6.92 Å². The molecule has 0 saturated carbocycles.